The summed E-state index contributed by atoms with van der Waals surface area (Å²) in [5, 5.41) is 0. The lowest BCUT2D eigenvalue weighted by molar-refractivity contribution is -0.156. The fraction of sp³-hybridized carbons (Fsp3) is 0.278. The van der Waals surface area contributed by atoms with E-state index in [4.69, 9.17) is 0 Å². The molecule has 0 aliphatic carbocycles. The van der Waals surface area contributed by atoms with Crippen molar-refractivity contribution in [2.24, 2.45) is 0 Å². The van der Waals surface area contributed by atoms with Crippen LogP contribution in [-0.4, -0.2) is 19.1 Å². The zero-order valence-corrected chi connectivity index (χ0v) is 12.6. The van der Waals surface area contributed by atoms with Crippen molar-refractivity contribution in [1.29, 1.82) is 0 Å². The van der Waals surface area contributed by atoms with Gasteiger partial charge in [0.05, 0.1) is 11.8 Å². The number of fused-ring (bicyclic) bond motifs is 1. The molecule has 5 heteroatoms. The van der Waals surface area contributed by atoms with Crippen LogP contribution in [0.5, 0.6) is 0 Å². The lowest BCUT2D eigenvalue weighted by Gasteiger charge is -2.29. The van der Waals surface area contributed by atoms with Gasteiger partial charge in [-0.25, -0.2) is 0 Å². The highest BCUT2D eigenvalue weighted by molar-refractivity contribution is 6.08. The first-order valence-electron chi connectivity index (χ1n) is 7.32. The van der Waals surface area contributed by atoms with E-state index in [1.807, 2.05) is 0 Å². The van der Waals surface area contributed by atoms with Gasteiger partial charge in [0, 0.05) is 12.7 Å². The van der Waals surface area contributed by atoms with Crippen LogP contribution in [0.1, 0.15) is 17.5 Å². The van der Waals surface area contributed by atoms with Gasteiger partial charge in [0.2, 0.25) is 5.91 Å². The largest absolute Gasteiger partial charge is 0.390 e. The van der Waals surface area contributed by atoms with E-state index in [2.05, 4.69) is 0 Å². The molecule has 0 radical (unpaired) electrons. The number of nitrogens with zero attached hydrogens (tertiary/aromatic N) is 1. The molecule has 0 fully saturated rings. The van der Waals surface area contributed by atoms with Gasteiger partial charge in [-0.05, 0) is 23.6 Å². The van der Waals surface area contributed by atoms with Gasteiger partial charge in [0.25, 0.3) is 0 Å². The molecule has 1 unspecified atom stereocenters. The molecule has 0 aromatic heterocycles. The number of alkyl halides is 3. The summed E-state index contributed by atoms with van der Waals surface area (Å²) in [5.74, 6) is -0.500. The molecular formula is C18H16F3NO. The molecule has 1 aliphatic heterocycles. The van der Waals surface area contributed by atoms with Crippen LogP contribution in [0.15, 0.2) is 54.6 Å². The van der Waals surface area contributed by atoms with E-state index in [9.17, 15) is 18.0 Å². The molecule has 23 heavy (non-hydrogen) atoms. The van der Waals surface area contributed by atoms with Crippen molar-refractivity contribution in [3.63, 3.8) is 0 Å². The van der Waals surface area contributed by atoms with Crippen LogP contribution in [0.2, 0.25) is 0 Å². The first-order chi connectivity index (χ1) is 10.8. The molecule has 2 nitrogen and oxygen atoms in total. The maximum Gasteiger partial charge on any atom is 0.390 e. The van der Waals surface area contributed by atoms with Crippen LogP contribution in [-0.2, 0) is 16.6 Å². The minimum absolute atomic E-state index is 0.0353. The summed E-state index contributed by atoms with van der Waals surface area (Å²) in [6, 6.07) is 15.6. The predicted octanol–water partition coefficient (Wildman–Crippen LogP) is 4.10. The lowest BCUT2D eigenvalue weighted by Crippen LogP contribution is -2.43. The third-order valence-electron chi connectivity index (χ3n) is 4.35. The number of rotatable bonds is 3. The molecule has 1 heterocycles. The average molecular weight is 319 g/mol. The average Bonchev–Trinajstić information content (AvgIpc) is 2.70. The van der Waals surface area contributed by atoms with Crippen LogP contribution < -0.4 is 4.90 Å². The van der Waals surface area contributed by atoms with E-state index in [1.165, 1.54) is 11.9 Å². The zero-order valence-electron chi connectivity index (χ0n) is 12.6. The smallest absolute Gasteiger partial charge is 0.314 e. The van der Waals surface area contributed by atoms with E-state index < -0.39 is 23.9 Å². The molecule has 0 saturated heterocycles. The van der Waals surface area contributed by atoms with Gasteiger partial charge in [-0.15, -0.1) is 0 Å². The van der Waals surface area contributed by atoms with Crippen molar-refractivity contribution >= 4 is 11.6 Å². The number of anilines is 1. The van der Waals surface area contributed by atoms with Crippen LogP contribution in [0, 0.1) is 0 Å². The van der Waals surface area contributed by atoms with Gasteiger partial charge < -0.3 is 4.90 Å². The van der Waals surface area contributed by atoms with Crippen molar-refractivity contribution in [1.82, 2.24) is 0 Å². The Morgan fingerprint density at radius 3 is 2.26 bits per heavy atom. The molecule has 0 bridgehead atoms. The molecular weight excluding hydrogens is 303 g/mol. The second-order valence-corrected chi connectivity index (χ2v) is 5.92. The van der Waals surface area contributed by atoms with Gasteiger partial charge in [-0.1, -0.05) is 48.5 Å². The van der Waals surface area contributed by atoms with E-state index in [0.29, 0.717) is 11.3 Å². The molecule has 0 spiro atoms. The Bertz CT molecular complexity index is 727. The van der Waals surface area contributed by atoms with Crippen LogP contribution >= 0.6 is 0 Å². The van der Waals surface area contributed by atoms with Crippen LogP contribution in [0.3, 0.4) is 0 Å². The monoisotopic (exact) mass is 319 g/mol. The Morgan fingerprint density at radius 2 is 1.61 bits per heavy atom. The number of likely N-dealkylation sites (N-methyl/N-ethyl adjacent to an activating group) is 1. The van der Waals surface area contributed by atoms with Crippen molar-refractivity contribution in [3.05, 3.63) is 65.7 Å². The van der Waals surface area contributed by atoms with E-state index in [0.717, 1.165) is 5.56 Å². The summed E-state index contributed by atoms with van der Waals surface area (Å²) in [4.78, 5) is 14.1. The van der Waals surface area contributed by atoms with E-state index in [-0.39, 0.29) is 6.42 Å². The fourth-order valence-electron chi connectivity index (χ4n) is 3.41. The molecule has 2 aromatic rings. The highest BCUT2D eigenvalue weighted by Gasteiger charge is 2.55. The summed E-state index contributed by atoms with van der Waals surface area (Å²) >= 11 is 0. The van der Waals surface area contributed by atoms with Gasteiger partial charge >= 0.3 is 6.18 Å². The number of carbonyl (C=O) groups is 1. The maximum atomic E-state index is 13.3. The first kappa shape index (κ1) is 15.6. The summed E-state index contributed by atoms with van der Waals surface area (Å²) < 4.78 is 39.8. The van der Waals surface area contributed by atoms with Crippen molar-refractivity contribution < 1.29 is 18.0 Å². The molecule has 0 saturated carbocycles. The minimum atomic E-state index is -4.43. The number of para-hydroxylation sites is 1. The third kappa shape index (κ3) is 2.71. The van der Waals surface area contributed by atoms with Crippen molar-refractivity contribution in [2.75, 3.05) is 11.9 Å². The Kier molecular flexibility index (Phi) is 3.66. The first-order valence-corrected chi connectivity index (χ1v) is 7.32. The second-order valence-electron chi connectivity index (χ2n) is 5.92. The molecule has 0 N–H and O–H groups in total. The molecule has 1 aliphatic rings. The summed E-state index contributed by atoms with van der Waals surface area (Å²) in [6.45, 7) is 0. The summed E-state index contributed by atoms with van der Waals surface area (Å²) in [5.41, 5.74) is 0.131. The normalized spacial score (nSPS) is 20.7. The fourth-order valence-corrected chi connectivity index (χ4v) is 3.41. The van der Waals surface area contributed by atoms with Gasteiger partial charge in [0.15, 0.2) is 0 Å². The lowest BCUT2D eigenvalue weighted by atomic mass is 9.73. The number of hydrogen-bond donors (Lipinski definition) is 0. The maximum absolute atomic E-state index is 13.3. The quantitative estimate of drug-likeness (QED) is 0.834. The molecule has 1 amide bonds. The number of carbonyl (C=O) groups excluding carboxylic acids is 1. The summed E-state index contributed by atoms with van der Waals surface area (Å²) in [6.07, 6.45) is -5.55. The third-order valence-corrected chi connectivity index (χ3v) is 4.35. The second kappa shape index (κ2) is 5.41. The topological polar surface area (TPSA) is 20.3 Å². The number of amides is 1. The van der Waals surface area contributed by atoms with Gasteiger partial charge in [0.1, 0.15) is 0 Å². The molecule has 3 rings (SSSR count). The highest BCUT2D eigenvalue weighted by atomic mass is 19.4. The predicted molar refractivity (Wildman–Crippen MR) is 82.3 cm³/mol. The number of halogens is 3. The Morgan fingerprint density at radius 1 is 1.00 bits per heavy atom. The SMILES string of the molecule is CN1C(=O)C(Cc2ccccc2)(CC(F)(F)F)c2ccccc21. The molecule has 2 aromatic carbocycles. The van der Waals surface area contributed by atoms with E-state index >= 15 is 0 Å². The Labute approximate surface area is 132 Å². The zero-order chi connectivity index (χ0) is 16.7. The standard InChI is InChI=1S/C18H16F3NO/c1-22-15-10-6-5-9-14(15)17(16(22)23,12-18(19,20)21)11-13-7-3-2-4-8-13/h2-10H,11-12H2,1H3. The van der Waals surface area contributed by atoms with Gasteiger partial charge in [-0.2, -0.15) is 13.2 Å². The summed E-state index contributed by atoms with van der Waals surface area (Å²) in [7, 11) is 1.53. The molecule has 120 valence electrons. The Balaban J connectivity index is 2.15. The minimum Gasteiger partial charge on any atom is -0.314 e. The van der Waals surface area contributed by atoms with Crippen LogP contribution in [0.4, 0.5) is 18.9 Å². The van der Waals surface area contributed by atoms with E-state index in [1.54, 1.807) is 54.6 Å². The van der Waals surface area contributed by atoms with Crippen LogP contribution in [0.25, 0.3) is 0 Å². The number of benzene rings is 2. The molecule has 1 atom stereocenters. The van der Waals surface area contributed by atoms with Crippen molar-refractivity contribution in [2.45, 2.75) is 24.4 Å². The Hall–Kier alpha value is -2.30. The van der Waals surface area contributed by atoms with Crippen molar-refractivity contribution in [3.8, 4) is 0 Å². The number of hydrogen-bond acceptors (Lipinski definition) is 1. The highest BCUT2D eigenvalue weighted by Crippen LogP contribution is 2.48. The van der Waals surface area contributed by atoms with Gasteiger partial charge in [-0.3, -0.25) is 4.79 Å².